The van der Waals surface area contributed by atoms with Crippen LogP contribution in [0.1, 0.15) is 11.1 Å². The van der Waals surface area contributed by atoms with E-state index in [1.54, 1.807) is 12.1 Å². The van der Waals surface area contributed by atoms with Gasteiger partial charge in [0.05, 0.1) is 5.69 Å². The zero-order chi connectivity index (χ0) is 15.7. The van der Waals surface area contributed by atoms with Crippen LogP contribution in [0.25, 0.3) is 10.8 Å². The van der Waals surface area contributed by atoms with Gasteiger partial charge in [0.25, 0.3) is 0 Å². The Morgan fingerprint density at radius 2 is 1.59 bits per heavy atom. The molecule has 22 heavy (non-hydrogen) atoms. The maximum atomic E-state index is 9.90. The van der Waals surface area contributed by atoms with Gasteiger partial charge >= 0.3 is 0 Å². The first-order valence-electron chi connectivity index (χ1n) is 7.05. The lowest BCUT2D eigenvalue weighted by atomic mass is 10.1. The number of benzene rings is 3. The smallest absolute Gasteiger partial charge is 0.143 e. The first-order valence-corrected chi connectivity index (χ1v) is 7.05. The molecule has 0 aliphatic rings. The van der Waals surface area contributed by atoms with Gasteiger partial charge < -0.3 is 10.8 Å². The summed E-state index contributed by atoms with van der Waals surface area (Å²) >= 11 is 0. The van der Waals surface area contributed by atoms with E-state index in [2.05, 4.69) is 16.3 Å². The van der Waals surface area contributed by atoms with Crippen molar-refractivity contribution in [2.75, 3.05) is 5.73 Å². The second-order valence-corrected chi connectivity index (χ2v) is 5.42. The van der Waals surface area contributed by atoms with Crippen molar-refractivity contribution in [3.8, 4) is 5.75 Å². The van der Waals surface area contributed by atoms with E-state index in [0.717, 1.165) is 16.3 Å². The highest BCUT2D eigenvalue weighted by molar-refractivity contribution is 5.98. The Morgan fingerprint density at radius 3 is 2.36 bits per heavy atom. The lowest BCUT2D eigenvalue weighted by Gasteiger charge is -2.06. The van der Waals surface area contributed by atoms with Gasteiger partial charge in [-0.25, -0.2) is 0 Å². The summed E-state index contributed by atoms with van der Waals surface area (Å²) in [6.45, 7) is 3.95. The van der Waals surface area contributed by atoms with Gasteiger partial charge in [0.2, 0.25) is 0 Å². The molecule has 0 aliphatic carbocycles. The Balaban J connectivity index is 2.10. The first-order chi connectivity index (χ1) is 10.5. The molecule has 0 fully saturated rings. The van der Waals surface area contributed by atoms with Crippen LogP contribution in [0.15, 0.2) is 58.8 Å². The van der Waals surface area contributed by atoms with Crippen LogP contribution in [-0.4, -0.2) is 5.11 Å². The molecule has 0 radical (unpaired) electrons. The molecule has 0 bridgehead atoms. The van der Waals surface area contributed by atoms with Gasteiger partial charge in [-0.3, -0.25) is 0 Å². The summed E-state index contributed by atoms with van der Waals surface area (Å²) in [4.78, 5) is 0. The molecule has 0 aromatic heterocycles. The lowest BCUT2D eigenvalue weighted by molar-refractivity contribution is 0.476. The number of hydrogen-bond donors (Lipinski definition) is 2. The lowest BCUT2D eigenvalue weighted by Crippen LogP contribution is -1.86. The average molecular weight is 291 g/mol. The number of phenols is 1. The molecule has 0 unspecified atom stereocenters. The van der Waals surface area contributed by atoms with Crippen LogP contribution in [0.2, 0.25) is 0 Å². The number of nitrogens with zero attached hydrogens (tertiary/aromatic N) is 2. The average Bonchev–Trinajstić information content (AvgIpc) is 2.48. The van der Waals surface area contributed by atoms with E-state index in [4.69, 9.17) is 5.73 Å². The molecule has 3 rings (SSSR count). The highest BCUT2D eigenvalue weighted by Gasteiger charge is 2.06. The fourth-order valence-electron chi connectivity index (χ4n) is 2.38. The minimum absolute atomic E-state index is 0.110. The number of nitrogen functional groups attached to an aromatic ring is 1. The van der Waals surface area contributed by atoms with Crippen molar-refractivity contribution < 1.29 is 5.11 Å². The van der Waals surface area contributed by atoms with Crippen molar-refractivity contribution in [3.05, 3.63) is 59.7 Å². The number of phenolic OH excluding ortho intramolecular Hbond substituents is 1. The molecule has 3 aromatic carbocycles. The zero-order valence-electron chi connectivity index (χ0n) is 12.5. The maximum Gasteiger partial charge on any atom is 0.143 e. The molecule has 4 heteroatoms. The number of rotatable bonds is 2. The summed E-state index contributed by atoms with van der Waals surface area (Å²) in [5.74, 6) is 0.110. The van der Waals surface area contributed by atoms with Crippen molar-refractivity contribution in [2.45, 2.75) is 13.8 Å². The van der Waals surface area contributed by atoms with Crippen LogP contribution in [0, 0.1) is 13.8 Å². The van der Waals surface area contributed by atoms with Crippen molar-refractivity contribution in [2.24, 2.45) is 10.2 Å². The number of aryl methyl sites for hydroxylation is 2. The molecular formula is C18H17N3O. The van der Waals surface area contributed by atoms with E-state index < -0.39 is 0 Å². The van der Waals surface area contributed by atoms with Gasteiger partial charge in [-0.1, -0.05) is 35.9 Å². The van der Waals surface area contributed by atoms with Gasteiger partial charge in [0, 0.05) is 5.39 Å². The van der Waals surface area contributed by atoms with Crippen LogP contribution in [0.3, 0.4) is 0 Å². The Morgan fingerprint density at radius 1 is 0.864 bits per heavy atom. The summed E-state index contributed by atoms with van der Waals surface area (Å²) in [5, 5.41) is 20.3. The van der Waals surface area contributed by atoms with Crippen molar-refractivity contribution >= 4 is 27.8 Å². The quantitative estimate of drug-likeness (QED) is 0.505. The molecule has 0 atom stereocenters. The minimum atomic E-state index is 0.110. The Kier molecular flexibility index (Phi) is 3.51. The third-order valence-electron chi connectivity index (χ3n) is 3.57. The summed E-state index contributed by atoms with van der Waals surface area (Å²) in [5.41, 5.74) is 9.79. The maximum absolute atomic E-state index is 9.90. The van der Waals surface area contributed by atoms with Crippen LogP contribution in [0.5, 0.6) is 5.75 Å². The van der Waals surface area contributed by atoms with Crippen molar-refractivity contribution in [1.29, 1.82) is 0 Å². The fourth-order valence-corrected chi connectivity index (χ4v) is 2.38. The van der Waals surface area contributed by atoms with E-state index in [-0.39, 0.29) is 5.75 Å². The Labute approximate surface area is 128 Å². The second-order valence-electron chi connectivity index (χ2n) is 5.42. The predicted octanol–water partition coefficient (Wildman–Crippen LogP) is 5.16. The SMILES string of the molecule is Cc1ccc(N=Nc2c(N)ccc3cc(C)ccc23)c(O)c1. The van der Waals surface area contributed by atoms with Crippen LogP contribution >= 0.6 is 0 Å². The Hall–Kier alpha value is -2.88. The number of aromatic hydroxyl groups is 1. The highest BCUT2D eigenvalue weighted by Crippen LogP contribution is 2.35. The standard InChI is InChI=1S/C18H17N3O/c1-11-3-6-14-13(9-11)5-7-15(19)18(14)21-20-16-8-4-12(2)10-17(16)22/h3-10,22H,19H2,1-2H3. The molecule has 0 amide bonds. The van der Waals surface area contributed by atoms with E-state index >= 15 is 0 Å². The van der Waals surface area contributed by atoms with Crippen LogP contribution < -0.4 is 5.73 Å². The van der Waals surface area contributed by atoms with E-state index in [0.29, 0.717) is 17.1 Å². The van der Waals surface area contributed by atoms with Crippen molar-refractivity contribution in [3.63, 3.8) is 0 Å². The number of anilines is 1. The second kappa shape index (κ2) is 5.48. The molecule has 0 aliphatic heterocycles. The van der Waals surface area contributed by atoms with Gasteiger partial charge in [-0.15, -0.1) is 10.2 Å². The van der Waals surface area contributed by atoms with Gasteiger partial charge in [-0.2, -0.15) is 0 Å². The number of nitrogens with two attached hydrogens (primary N) is 1. The van der Waals surface area contributed by atoms with Gasteiger partial charge in [0.1, 0.15) is 17.1 Å². The summed E-state index contributed by atoms with van der Waals surface area (Å²) < 4.78 is 0. The van der Waals surface area contributed by atoms with Gasteiger partial charge in [-0.05, 0) is 43.0 Å². The monoisotopic (exact) mass is 291 g/mol. The minimum Gasteiger partial charge on any atom is -0.506 e. The van der Waals surface area contributed by atoms with Crippen LogP contribution in [-0.2, 0) is 0 Å². The van der Waals surface area contributed by atoms with E-state index in [9.17, 15) is 5.11 Å². The Bertz CT molecular complexity index is 885. The molecule has 110 valence electrons. The molecule has 0 spiro atoms. The summed E-state index contributed by atoms with van der Waals surface area (Å²) in [6, 6.07) is 15.2. The zero-order valence-corrected chi connectivity index (χ0v) is 12.5. The first kappa shape index (κ1) is 14.1. The molecule has 3 N–H and O–H groups in total. The highest BCUT2D eigenvalue weighted by atomic mass is 16.3. The normalized spacial score (nSPS) is 11.4. The molecule has 0 saturated heterocycles. The van der Waals surface area contributed by atoms with Crippen molar-refractivity contribution in [1.82, 2.24) is 0 Å². The topological polar surface area (TPSA) is 71.0 Å². The predicted molar refractivity (Wildman–Crippen MR) is 90.1 cm³/mol. The van der Waals surface area contributed by atoms with Gasteiger partial charge in [0.15, 0.2) is 0 Å². The summed E-state index contributed by atoms with van der Waals surface area (Å²) in [6.07, 6.45) is 0. The molecular weight excluding hydrogens is 274 g/mol. The summed E-state index contributed by atoms with van der Waals surface area (Å²) in [7, 11) is 0. The van der Waals surface area contributed by atoms with E-state index in [1.807, 2.05) is 44.2 Å². The molecule has 3 aromatic rings. The third-order valence-corrected chi connectivity index (χ3v) is 3.57. The third kappa shape index (κ3) is 2.63. The van der Waals surface area contributed by atoms with Crippen LogP contribution in [0.4, 0.5) is 17.1 Å². The molecule has 4 nitrogen and oxygen atoms in total. The fraction of sp³-hybridized carbons (Fsp3) is 0.111. The van der Waals surface area contributed by atoms with E-state index in [1.165, 1.54) is 5.56 Å². The molecule has 0 heterocycles. The number of hydrogen-bond acceptors (Lipinski definition) is 4. The number of azo groups is 1. The number of fused-ring (bicyclic) bond motifs is 1. The largest absolute Gasteiger partial charge is 0.506 e. The molecule has 0 saturated carbocycles.